The molecule has 1 aromatic rings. The summed E-state index contributed by atoms with van der Waals surface area (Å²) in [5.74, 6) is -2.11. The molecule has 168 valence electrons. The van der Waals surface area contributed by atoms with Gasteiger partial charge in [0.2, 0.25) is 10.8 Å². The molecule has 0 aromatic heterocycles. The first-order valence-corrected chi connectivity index (χ1v) is 10.3. The number of aliphatic hydroxyl groups is 5. The van der Waals surface area contributed by atoms with Crippen LogP contribution in [0.5, 0.6) is 0 Å². The molecule has 7 N–H and O–H groups in total. The van der Waals surface area contributed by atoms with Gasteiger partial charge in [-0.1, -0.05) is 30.3 Å². The number of carboxylic acids is 1. The predicted molar refractivity (Wildman–Crippen MR) is 106 cm³/mol. The zero-order valence-electron chi connectivity index (χ0n) is 16.3. The molecule has 0 saturated carbocycles. The second kappa shape index (κ2) is 10.5. The maximum atomic E-state index is 12.1. The summed E-state index contributed by atoms with van der Waals surface area (Å²) in [5, 5.41) is 62.5. The van der Waals surface area contributed by atoms with Crippen LogP contribution in [-0.4, -0.2) is 90.3 Å². The second-order valence-corrected chi connectivity index (χ2v) is 8.40. The van der Waals surface area contributed by atoms with Crippen LogP contribution in [0.2, 0.25) is 0 Å². The molecule has 0 radical (unpaired) electrons. The van der Waals surface area contributed by atoms with Gasteiger partial charge in [-0.3, -0.25) is 4.79 Å². The van der Waals surface area contributed by atoms with Crippen molar-refractivity contribution in [1.82, 2.24) is 5.32 Å². The molecule has 1 fully saturated rings. The molecule has 1 amide bonds. The van der Waals surface area contributed by atoms with E-state index >= 15 is 0 Å². The summed E-state index contributed by atoms with van der Waals surface area (Å²) in [5.41, 5.74) is 0.560. The van der Waals surface area contributed by atoms with Crippen molar-refractivity contribution in [3.63, 3.8) is 0 Å². The quantitative estimate of drug-likeness (QED) is 0.239. The fourth-order valence-corrected chi connectivity index (χ4v) is 4.47. The Morgan fingerprint density at radius 2 is 1.90 bits per heavy atom. The molecule has 1 aromatic carbocycles. The Hall–Kier alpha value is -1.73. The zero-order valence-corrected chi connectivity index (χ0v) is 17.1. The highest BCUT2D eigenvalue weighted by molar-refractivity contribution is 8.01. The molecule has 1 heterocycles. The summed E-state index contributed by atoms with van der Waals surface area (Å²) >= 11 is 0.721. The molecule has 0 aliphatic carbocycles. The molecule has 2 rings (SSSR count). The van der Waals surface area contributed by atoms with E-state index in [0.29, 0.717) is 5.56 Å². The normalized spacial score (nSPS) is 29.6. The lowest BCUT2D eigenvalue weighted by Gasteiger charge is -2.46. The summed E-state index contributed by atoms with van der Waals surface area (Å²) in [6.07, 6.45) is -7.92. The van der Waals surface area contributed by atoms with Crippen LogP contribution in [0.25, 0.3) is 0 Å². The van der Waals surface area contributed by atoms with Crippen LogP contribution in [0.15, 0.2) is 30.3 Å². The third-order valence-electron chi connectivity index (χ3n) is 4.85. The number of carbonyl (C=O) groups is 2. The number of hydrogen-bond donors (Lipinski definition) is 7. The molecule has 0 spiro atoms. The molecule has 10 nitrogen and oxygen atoms in total. The van der Waals surface area contributed by atoms with Crippen LogP contribution < -0.4 is 5.32 Å². The van der Waals surface area contributed by atoms with Gasteiger partial charge in [0.15, 0.2) is 0 Å². The van der Waals surface area contributed by atoms with E-state index in [2.05, 4.69) is 5.32 Å². The number of carboxylic acid groups (broad SMARTS) is 1. The van der Waals surface area contributed by atoms with Gasteiger partial charge in [0.25, 0.3) is 0 Å². The fourth-order valence-electron chi connectivity index (χ4n) is 3.26. The van der Waals surface area contributed by atoms with Crippen molar-refractivity contribution in [2.45, 2.75) is 54.8 Å². The lowest BCUT2D eigenvalue weighted by atomic mass is 9.90. The number of nitrogens with one attached hydrogen (secondary N) is 1. The van der Waals surface area contributed by atoms with Crippen molar-refractivity contribution in [3.05, 3.63) is 35.9 Å². The molecule has 30 heavy (non-hydrogen) atoms. The number of aliphatic hydroxyl groups excluding tert-OH is 5. The van der Waals surface area contributed by atoms with Crippen molar-refractivity contribution in [2.75, 3.05) is 12.4 Å². The van der Waals surface area contributed by atoms with Crippen molar-refractivity contribution in [1.29, 1.82) is 0 Å². The summed E-state index contributed by atoms with van der Waals surface area (Å²) in [7, 11) is 0. The van der Waals surface area contributed by atoms with Crippen LogP contribution >= 0.6 is 11.8 Å². The molecular weight excluding hydrogens is 418 g/mol. The first-order valence-electron chi connectivity index (χ1n) is 9.31. The molecule has 11 heteroatoms. The van der Waals surface area contributed by atoms with E-state index in [-0.39, 0.29) is 5.75 Å². The minimum atomic E-state index is -2.06. The molecular formula is C19H27NO9S. The largest absolute Gasteiger partial charge is 0.478 e. The number of aliphatic carboxylic acids is 1. The molecule has 7 atom stereocenters. The van der Waals surface area contributed by atoms with Crippen molar-refractivity contribution >= 4 is 23.6 Å². The average molecular weight is 445 g/mol. The second-order valence-electron chi connectivity index (χ2n) is 7.12. The van der Waals surface area contributed by atoms with E-state index in [4.69, 9.17) is 9.84 Å². The van der Waals surface area contributed by atoms with E-state index in [1.54, 1.807) is 30.3 Å². The highest BCUT2D eigenvalue weighted by atomic mass is 32.2. The molecule has 0 unspecified atom stereocenters. The lowest BCUT2D eigenvalue weighted by molar-refractivity contribution is -0.205. The maximum Gasteiger partial charge on any atom is 0.346 e. The Morgan fingerprint density at radius 1 is 1.27 bits per heavy atom. The number of thioether (sulfide) groups is 1. The monoisotopic (exact) mass is 445 g/mol. The smallest absolute Gasteiger partial charge is 0.346 e. The Labute approximate surface area is 177 Å². The maximum absolute atomic E-state index is 12.1. The Bertz CT molecular complexity index is 721. The van der Waals surface area contributed by atoms with Crippen LogP contribution in [0.3, 0.4) is 0 Å². The fraction of sp³-hybridized carbons (Fsp3) is 0.579. The topological polar surface area (TPSA) is 177 Å². The van der Waals surface area contributed by atoms with Gasteiger partial charge < -0.3 is 40.7 Å². The molecule has 1 saturated heterocycles. The van der Waals surface area contributed by atoms with Gasteiger partial charge in [0, 0.05) is 19.1 Å². The number of benzene rings is 1. The van der Waals surface area contributed by atoms with E-state index in [0.717, 1.165) is 11.8 Å². The van der Waals surface area contributed by atoms with Gasteiger partial charge in [-0.2, -0.15) is 0 Å². The lowest BCUT2D eigenvalue weighted by Crippen LogP contribution is -2.66. The number of hydrogen-bond acceptors (Lipinski definition) is 9. The van der Waals surface area contributed by atoms with E-state index in [1.165, 1.54) is 6.92 Å². The Balaban J connectivity index is 2.27. The van der Waals surface area contributed by atoms with Crippen LogP contribution in [0.1, 0.15) is 25.0 Å². The van der Waals surface area contributed by atoms with Crippen LogP contribution in [0.4, 0.5) is 0 Å². The van der Waals surface area contributed by atoms with E-state index in [9.17, 15) is 35.1 Å². The third-order valence-corrected chi connectivity index (χ3v) is 6.23. The van der Waals surface area contributed by atoms with Crippen molar-refractivity contribution in [2.24, 2.45) is 0 Å². The zero-order chi connectivity index (χ0) is 22.5. The summed E-state index contributed by atoms with van der Waals surface area (Å²) in [6, 6.07) is 7.34. The van der Waals surface area contributed by atoms with Gasteiger partial charge in [-0.05, 0) is 5.56 Å². The number of ether oxygens (including phenoxy) is 1. The van der Waals surface area contributed by atoms with Crippen molar-refractivity contribution < 1.29 is 45.0 Å². The highest BCUT2D eigenvalue weighted by Crippen LogP contribution is 2.41. The Morgan fingerprint density at radius 3 is 2.43 bits per heavy atom. The number of carbonyl (C=O) groups excluding carboxylic acids is 1. The average Bonchev–Trinajstić information content (AvgIpc) is 2.72. The first-order chi connectivity index (χ1) is 14.1. The van der Waals surface area contributed by atoms with E-state index in [1.807, 2.05) is 0 Å². The molecule has 0 bridgehead atoms. The standard InChI is InChI=1S/C19H27NO9S/c1-10(22)20-15-12(23)7-19(18(27)28,29-17(15)16(26)13(24)8-21)30-9-14(25)11-5-3-2-4-6-11/h2-6,12-17,21,23-26H,7-9H2,1H3,(H,20,22)(H,27,28)/t12-,13+,14+,15+,16-,17+,19-/m0/s1. The molecule has 1 aliphatic rings. The van der Waals surface area contributed by atoms with Crippen molar-refractivity contribution in [3.8, 4) is 0 Å². The first kappa shape index (κ1) is 24.5. The minimum Gasteiger partial charge on any atom is -0.478 e. The van der Waals surface area contributed by atoms with Gasteiger partial charge in [-0.25, -0.2) is 4.79 Å². The molecule has 1 aliphatic heterocycles. The van der Waals surface area contributed by atoms with Crippen LogP contribution in [-0.2, 0) is 14.3 Å². The van der Waals surface area contributed by atoms with Gasteiger partial charge in [-0.15, -0.1) is 11.8 Å². The number of rotatable bonds is 9. The van der Waals surface area contributed by atoms with Gasteiger partial charge in [0.05, 0.1) is 24.9 Å². The minimum absolute atomic E-state index is 0.0980. The summed E-state index contributed by atoms with van der Waals surface area (Å²) in [4.78, 5) is 21.5. The van der Waals surface area contributed by atoms with Crippen LogP contribution in [0, 0.1) is 0 Å². The Kier molecular flexibility index (Phi) is 8.62. The van der Waals surface area contributed by atoms with E-state index < -0.39 is 66.4 Å². The predicted octanol–water partition coefficient (Wildman–Crippen LogP) is -1.40. The number of amides is 1. The highest BCUT2D eigenvalue weighted by Gasteiger charge is 2.55. The van der Waals surface area contributed by atoms with Gasteiger partial charge in [0.1, 0.15) is 18.3 Å². The third kappa shape index (κ3) is 5.70. The van der Waals surface area contributed by atoms with Gasteiger partial charge >= 0.3 is 5.97 Å². The SMILES string of the molecule is CC(=O)N[C@H]1[C@H]([C@@H](O)[C@H](O)CO)O[C@@](SC[C@@H](O)c2ccccc2)(C(=O)O)C[C@@H]1O. The summed E-state index contributed by atoms with van der Waals surface area (Å²) < 4.78 is 5.65. The summed E-state index contributed by atoms with van der Waals surface area (Å²) in [6.45, 7) is 0.326.